The van der Waals surface area contributed by atoms with Gasteiger partial charge >= 0.3 is 0 Å². The average molecular weight is 348 g/mol. The van der Waals surface area contributed by atoms with Crippen LogP contribution in [0.1, 0.15) is 25.2 Å². The van der Waals surface area contributed by atoms with Gasteiger partial charge in [-0.1, -0.05) is 11.2 Å². The van der Waals surface area contributed by atoms with Crippen LogP contribution in [0, 0.1) is 0 Å². The lowest BCUT2D eigenvalue weighted by Gasteiger charge is -2.23. The molecule has 2 saturated heterocycles. The van der Waals surface area contributed by atoms with E-state index in [0.29, 0.717) is 17.8 Å². The van der Waals surface area contributed by atoms with Gasteiger partial charge in [0.2, 0.25) is 11.7 Å². The van der Waals surface area contributed by atoms with Gasteiger partial charge in [0.1, 0.15) is 0 Å². The highest BCUT2D eigenvalue weighted by Gasteiger charge is 2.22. The van der Waals surface area contributed by atoms with E-state index in [4.69, 9.17) is 9.26 Å². The van der Waals surface area contributed by atoms with Crippen LogP contribution in [0.2, 0.25) is 0 Å². The first-order valence-corrected chi connectivity index (χ1v) is 9.67. The monoisotopic (exact) mass is 348 g/mol. The van der Waals surface area contributed by atoms with Gasteiger partial charge in [-0.25, -0.2) is 0 Å². The van der Waals surface area contributed by atoms with Crippen molar-refractivity contribution in [3.05, 3.63) is 23.4 Å². The third-order valence-corrected chi connectivity index (χ3v) is 5.60. The number of ether oxygens (including phenoxy) is 1. The highest BCUT2D eigenvalue weighted by Crippen LogP contribution is 2.22. The maximum Gasteiger partial charge on any atom is 0.241 e. The Labute approximate surface area is 146 Å². The molecule has 4 heterocycles. The summed E-state index contributed by atoms with van der Waals surface area (Å²) in [6, 6.07) is 4.03. The highest BCUT2D eigenvalue weighted by atomic mass is 32.1. The molecule has 0 saturated carbocycles. The summed E-state index contributed by atoms with van der Waals surface area (Å²) < 4.78 is 11.2. The molecule has 130 valence electrons. The molecule has 0 aromatic carbocycles. The van der Waals surface area contributed by atoms with Crippen LogP contribution in [-0.2, 0) is 11.3 Å². The molecule has 6 nitrogen and oxygen atoms in total. The Morgan fingerprint density at radius 2 is 2.08 bits per heavy atom. The highest BCUT2D eigenvalue weighted by molar-refractivity contribution is 7.13. The van der Waals surface area contributed by atoms with Gasteiger partial charge in [0, 0.05) is 26.2 Å². The third kappa shape index (κ3) is 4.03. The van der Waals surface area contributed by atoms with Crippen LogP contribution in [-0.4, -0.2) is 65.4 Å². The van der Waals surface area contributed by atoms with Crippen molar-refractivity contribution in [1.82, 2.24) is 19.9 Å². The molecule has 2 aromatic rings. The molecule has 1 atom stereocenters. The lowest BCUT2D eigenvalue weighted by molar-refractivity contribution is 0.0741. The Morgan fingerprint density at radius 1 is 1.17 bits per heavy atom. The minimum atomic E-state index is 0.445. The van der Waals surface area contributed by atoms with Crippen molar-refractivity contribution in [2.75, 3.05) is 39.3 Å². The van der Waals surface area contributed by atoms with E-state index in [2.05, 4.69) is 19.9 Å². The SMILES string of the molecule is c1csc(-c2noc(CN3CCCN(C[C@@H]4CCCO4)CC3)n2)c1. The largest absolute Gasteiger partial charge is 0.377 e. The zero-order valence-corrected chi connectivity index (χ0v) is 14.7. The van der Waals surface area contributed by atoms with E-state index in [1.54, 1.807) is 11.3 Å². The summed E-state index contributed by atoms with van der Waals surface area (Å²) in [5, 5.41) is 6.13. The van der Waals surface area contributed by atoms with E-state index in [1.807, 2.05) is 17.5 Å². The van der Waals surface area contributed by atoms with Crippen LogP contribution < -0.4 is 0 Å². The molecule has 24 heavy (non-hydrogen) atoms. The van der Waals surface area contributed by atoms with E-state index in [-0.39, 0.29) is 0 Å². The number of hydrogen-bond donors (Lipinski definition) is 0. The number of aromatic nitrogens is 2. The minimum Gasteiger partial charge on any atom is -0.377 e. The molecule has 0 aliphatic carbocycles. The molecule has 2 aliphatic heterocycles. The summed E-state index contributed by atoms with van der Waals surface area (Å²) >= 11 is 1.64. The standard InChI is InChI=1S/C17H24N4O2S/c1-4-14(22-10-1)12-20-6-3-7-21(9-8-20)13-16-18-17(19-23-16)15-5-2-11-24-15/h2,5,11,14H,1,3-4,6-10,12-13H2/t14-/m0/s1. The van der Waals surface area contributed by atoms with Gasteiger partial charge in [0.05, 0.1) is 17.5 Å². The molecule has 0 bridgehead atoms. The lowest BCUT2D eigenvalue weighted by atomic mass is 10.2. The fraction of sp³-hybridized carbons (Fsp3) is 0.647. The van der Waals surface area contributed by atoms with Crippen LogP contribution >= 0.6 is 11.3 Å². The molecule has 4 rings (SSSR count). The summed E-state index contributed by atoms with van der Waals surface area (Å²) in [6.07, 6.45) is 4.06. The van der Waals surface area contributed by atoms with Gasteiger partial charge in [-0.15, -0.1) is 11.3 Å². The van der Waals surface area contributed by atoms with E-state index in [1.165, 1.54) is 19.3 Å². The first kappa shape index (κ1) is 16.2. The molecule has 0 amide bonds. The second-order valence-electron chi connectivity index (χ2n) is 6.55. The molecule has 2 aromatic heterocycles. The second-order valence-corrected chi connectivity index (χ2v) is 7.50. The van der Waals surface area contributed by atoms with Gasteiger partial charge in [-0.2, -0.15) is 4.98 Å². The van der Waals surface area contributed by atoms with Crippen molar-refractivity contribution in [1.29, 1.82) is 0 Å². The van der Waals surface area contributed by atoms with Gasteiger partial charge in [-0.05, 0) is 43.8 Å². The Hall–Kier alpha value is -1.28. The van der Waals surface area contributed by atoms with Gasteiger partial charge < -0.3 is 9.26 Å². The first-order chi connectivity index (χ1) is 11.9. The topological polar surface area (TPSA) is 54.6 Å². The van der Waals surface area contributed by atoms with Crippen molar-refractivity contribution >= 4 is 11.3 Å². The molecule has 0 radical (unpaired) electrons. The number of nitrogens with zero attached hydrogens (tertiary/aromatic N) is 4. The third-order valence-electron chi connectivity index (χ3n) is 4.74. The van der Waals surface area contributed by atoms with Crippen LogP contribution in [0.4, 0.5) is 0 Å². The number of rotatable bonds is 5. The maximum atomic E-state index is 5.77. The molecule has 7 heteroatoms. The molecular formula is C17H24N4O2S. The van der Waals surface area contributed by atoms with E-state index < -0.39 is 0 Å². The smallest absolute Gasteiger partial charge is 0.241 e. The van der Waals surface area contributed by atoms with Crippen molar-refractivity contribution < 1.29 is 9.26 Å². The summed E-state index contributed by atoms with van der Waals surface area (Å²) in [5.41, 5.74) is 0. The summed E-state index contributed by atoms with van der Waals surface area (Å²) in [4.78, 5) is 10.6. The van der Waals surface area contributed by atoms with Crippen LogP contribution in [0.5, 0.6) is 0 Å². The quantitative estimate of drug-likeness (QED) is 0.827. The Morgan fingerprint density at radius 3 is 2.92 bits per heavy atom. The summed E-state index contributed by atoms with van der Waals surface area (Å²) in [6.45, 7) is 7.13. The molecule has 0 unspecified atom stereocenters. The molecule has 2 fully saturated rings. The van der Waals surface area contributed by atoms with Gasteiger partial charge in [-0.3, -0.25) is 9.80 Å². The van der Waals surface area contributed by atoms with Gasteiger partial charge in [0.25, 0.3) is 0 Å². The van der Waals surface area contributed by atoms with E-state index in [9.17, 15) is 0 Å². The van der Waals surface area contributed by atoms with Crippen molar-refractivity contribution in [3.8, 4) is 10.7 Å². The van der Waals surface area contributed by atoms with Crippen molar-refractivity contribution in [2.24, 2.45) is 0 Å². The Kier molecular flexibility index (Phi) is 5.22. The molecule has 2 aliphatic rings. The molecule has 0 spiro atoms. The molecular weight excluding hydrogens is 324 g/mol. The lowest BCUT2D eigenvalue weighted by Crippen LogP contribution is -2.35. The van der Waals surface area contributed by atoms with E-state index in [0.717, 1.165) is 50.8 Å². The predicted octanol–water partition coefficient (Wildman–Crippen LogP) is 2.48. The number of thiophene rings is 1. The molecule has 0 N–H and O–H groups in total. The van der Waals surface area contributed by atoms with Crippen molar-refractivity contribution in [3.63, 3.8) is 0 Å². The fourth-order valence-corrected chi connectivity index (χ4v) is 4.11. The number of hydrogen-bond acceptors (Lipinski definition) is 7. The zero-order valence-electron chi connectivity index (χ0n) is 13.9. The fourth-order valence-electron chi connectivity index (χ4n) is 3.46. The zero-order chi connectivity index (χ0) is 16.2. The normalized spacial score (nSPS) is 23.6. The van der Waals surface area contributed by atoms with Crippen LogP contribution in [0.3, 0.4) is 0 Å². The summed E-state index contributed by atoms with van der Waals surface area (Å²) in [5.74, 6) is 1.42. The Balaban J connectivity index is 1.29. The predicted molar refractivity (Wildman–Crippen MR) is 92.9 cm³/mol. The van der Waals surface area contributed by atoms with Crippen LogP contribution in [0.25, 0.3) is 10.7 Å². The summed E-state index contributed by atoms with van der Waals surface area (Å²) in [7, 11) is 0. The average Bonchev–Trinajstić information content (AvgIpc) is 3.31. The minimum absolute atomic E-state index is 0.445. The van der Waals surface area contributed by atoms with Crippen LogP contribution in [0.15, 0.2) is 22.0 Å². The second kappa shape index (κ2) is 7.74. The van der Waals surface area contributed by atoms with E-state index >= 15 is 0 Å². The Bertz CT molecular complexity index is 624. The first-order valence-electron chi connectivity index (χ1n) is 8.79. The van der Waals surface area contributed by atoms with Gasteiger partial charge in [0.15, 0.2) is 0 Å². The van der Waals surface area contributed by atoms with Crippen molar-refractivity contribution in [2.45, 2.75) is 31.9 Å². The maximum absolute atomic E-state index is 5.77.